The quantitative estimate of drug-likeness (QED) is 0.770. The Labute approximate surface area is 102 Å². The number of carboxylic acids is 1. The lowest BCUT2D eigenvalue weighted by atomic mass is 9.96. The minimum atomic E-state index is -5.49. The summed E-state index contributed by atoms with van der Waals surface area (Å²) in [7, 11) is -5.49. The molecule has 106 valence electrons. The molecule has 5 nitrogen and oxygen atoms in total. The fraction of sp³-hybridized carbons (Fsp3) is 0.889. The van der Waals surface area contributed by atoms with Gasteiger partial charge in [0.15, 0.2) is 0 Å². The van der Waals surface area contributed by atoms with Gasteiger partial charge in [0.1, 0.15) is 0 Å². The maximum absolute atomic E-state index is 12.2. The van der Waals surface area contributed by atoms with Crippen LogP contribution in [0.2, 0.25) is 0 Å². The molecule has 0 heterocycles. The van der Waals surface area contributed by atoms with Crippen LogP contribution < -0.4 is 4.72 Å². The average Bonchev–Trinajstić information content (AvgIpc) is 2.40. The van der Waals surface area contributed by atoms with Crippen LogP contribution in [0, 0.1) is 5.92 Å². The number of halogens is 3. The van der Waals surface area contributed by atoms with E-state index in [9.17, 15) is 26.4 Å². The molecule has 2 N–H and O–H groups in total. The molecule has 0 amide bonds. The molecule has 0 aromatic heterocycles. The van der Waals surface area contributed by atoms with Crippen molar-refractivity contribution in [2.24, 2.45) is 5.92 Å². The first-order valence-electron chi connectivity index (χ1n) is 5.46. The minimum absolute atomic E-state index is 0.103. The van der Waals surface area contributed by atoms with Crippen molar-refractivity contribution >= 4 is 16.0 Å². The Hall–Kier alpha value is -0.830. The number of rotatable bonds is 3. The third-order valence-corrected chi connectivity index (χ3v) is 4.17. The lowest BCUT2D eigenvalue weighted by Gasteiger charge is -2.23. The smallest absolute Gasteiger partial charge is 0.481 e. The maximum atomic E-state index is 12.2. The van der Waals surface area contributed by atoms with E-state index in [0.717, 1.165) is 0 Å². The monoisotopic (exact) mass is 289 g/mol. The number of hydrogen-bond donors (Lipinski definition) is 2. The molecule has 1 aliphatic rings. The lowest BCUT2D eigenvalue weighted by Crippen LogP contribution is -2.47. The highest BCUT2D eigenvalue weighted by Crippen LogP contribution is 2.28. The molecule has 1 saturated carbocycles. The Morgan fingerprint density at radius 2 is 1.72 bits per heavy atom. The SMILES string of the molecule is O=C(O)C1CCCCCC1NS(=O)(=O)C(F)(F)F. The molecule has 1 aliphatic carbocycles. The zero-order valence-electron chi connectivity index (χ0n) is 9.40. The Bertz CT molecular complexity index is 407. The summed E-state index contributed by atoms with van der Waals surface area (Å²) in [5.74, 6) is -2.38. The molecule has 0 aromatic rings. The molecule has 0 aliphatic heterocycles. The standard InChI is InChI=1S/C9H14F3NO4S/c10-9(11,12)18(16,17)13-7-5-3-1-2-4-6(7)8(14)15/h6-7,13H,1-5H2,(H,14,15). The molecule has 0 radical (unpaired) electrons. The second-order valence-corrected chi connectivity index (χ2v) is 5.96. The van der Waals surface area contributed by atoms with Crippen molar-refractivity contribution in [1.82, 2.24) is 4.72 Å². The van der Waals surface area contributed by atoms with E-state index in [0.29, 0.717) is 19.3 Å². The lowest BCUT2D eigenvalue weighted by molar-refractivity contribution is -0.142. The van der Waals surface area contributed by atoms with E-state index in [2.05, 4.69) is 0 Å². The van der Waals surface area contributed by atoms with Crippen LogP contribution in [0.15, 0.2) is 0 Å². The Balaban J connectivity index is 2.88. The summed E-state index contributed by atoms with van der Waals surface area (Å²) < 4.78 is 60.1. The molecule has 2 atom stereocenters. The van der Waals surface area contributed by atoms with Crippen LogP contribution >= 0.6 is 0 Å². The first-order valence-corrected chi connectivity index (χ1v) is 6.95. The van der Waals surface area contributed by atoms with Crippen molar-refractivity contribution in [3.05, 3.63) is 0 Å². The Morgan fingerprint density at radius 1 is 1.17 bits per heavy atom. The highest BCUT2D eigenvalue weighted by atomic mass is 32.2. The number of aliphatic carboxylic acids is 1. The summed E-state index contributed by atoms with van der Waals surface area (Å²) in [6, 6.07) is -1.20. The molecule has 1 fully saturated rings. The van der Waals surface area contributed by atoms with Gasteiger partial charge in [-0.3, -0.25) is 4.79 Å². The number of hydrogen-bond acceptors (Lipinski definition) is 3. The van der Waals surface area contributed by atoms with Crippen molar-refractivity contribution in [2.75, 3.05) is 0 Å². The van der Waals surface area contributed by atoms with Crippen LogP contribution in [0.3, 0.4) is 0 Å². The fourth-order valence-corrected chi connectivity index (χ4v) is 2.82. The summed E-state index contributed by atoms with van der Waals surface area (Å²) in [6.07, 6.45) is 2.05. The number of carboxylic acid groups (broad SMARTS) is 1. The molecular weight excluding hydrogens is 275 g/mol. The molecule has 1 rings (SSSR count). The first-order chi connectivity index (χ1) is 8.15. The van der Waals surface area contributed by atoms with Crippen LogP contribution in [0.4, 0.5) is 13.2 Å². The third kappa shape index (κ3) is 3.58. The van der Waals surface area contributed by atoms with E-state index in [-0.39, 0.29) is 12.8 Å². The summed E-state index contributed by atoms with van der Waals surface area (Å²) in [5, 5.41) is 8.92. The first kappa shape index (κ1) is 15.2. The Kier molecular flexibility index (Phi) is 4.60. The second-order valence-electron chi connectivity index (χ2n) is 4.26. The van der Waals surface area contributed by atoms with E-state index in [1.54, 1.807) is 0 Å². The molecule has 0 aromatic carbocycles. The van der Waals surface area contributed by atoms with Gasteiger partial charge in [0.25, 0.3) is 0 Å². The van der Waals surface area contributed by atoms with E-state index >= 15 is 0 Å². The van der Waals surface area contributed by atoms with Gasteiger partial charge in [-0.25, -0.2) is 13.1 Å². The zero-order chi connectivity index (χ0) is 14.0. The largest absolute Gasteiger partial charge is 0.511 e. The molecule has 0 spiro atoms. The van der Waals surface area contributed by atoms with Crippen molar-refractivity contribution in [2.45, 2.75) is 43.7 Å². The van der Waals surface area contributed by atoms with Gasteiger partial charge in [-0.2, -0.15) is 13.2 Å². The van der Waals surface area contributed by atoms with Gasteiger partial charge < -0.3 is 5.11 Å². The van der Waals surface area contributed by atoms with Crippen LogP contribution in [0.1, 0.15) is 32.1 Å². The number of alkyl halides is 3. The number of carbonyl (C=O) groups is 1. The highest BCUT2D eigenvalue weighted by Gasteiger charge is 2.48. The molecule has 0 saturated heterocycles. The summed E-state index contributed by atoms with van der Waals surface area (Å²) in [5.41, 5.74) is -5.41. The molecule has 2 unspecified atom stereocenters. The zero-order valence-corrected chi connectivity index (χ0v) is 10.2. The summed E-state index contributed by atoms with van der Waals surface area (Å²) in [4.78, 5) is 10.9. The van der Waals surface area contributed by atoms with Crippen molar-refractivity contribution in [1.29, 1.82) is 0 Å². The van der Waals surface area contributed by atoms with Gasteiger partial charge >= 0.3 is 21.5 Å². The van der Waals surface area contributed by atoms with Crippen LogP contribution in [-0.4, -0.2) is 31.0 Å². The number of sulfonamides is 1. The van der Waals surface area contributed by atoms with Gasteiger partial charge in [0, 0.05) is 6.04 Å². The minimum Gasteiger partial charge on any atom is -0.481 e. The summed E-state index contributed by atoms with van der Waals surface area (Å²) in [6.45, 7) is 0. The van der Waals surface area contributed by atoms with Gasteiger partial charge in [-0.1, -0.05) is 19.3 Å². The molecule has 18 heavy (non-hydrogen) atoms. The maximum Gasteiger partial charge on any atom is 0.511 e. The third-order valence-electron chi connectivity index (χ3n) is 2.94. The number of nitrogens with one attached hydrogen (secondary N) is 1. The van der Waals surface area contributed by atoms with E-state index in [4.69, 9.17) is 5.11 Å². The van der Waals surface area contributed by atoms with E-state index < -0.39 is 33.5 Å². The van der Waals surface area contributed by atoms with Crippen molar-refractivity contribution in [3.63, 3.8) is 0 Å². The van der Waals surface area contributed by atoms with Crippen molar-refractivity contribution < 1.29 is 31.5 Å². The van der Waals surface area contributed by atoms with Gasteiger partial charge in [-0.05, 0) is 12.8 Å². The predicted octanol–water partition coefficient (Wildman–Crippen LogP) is 1.46. The van der Waals surface area contributed by atoms with Gasteiger partial charge in [0.2, 0.25) is 0 Å². The van der Waals surface area contributed by atoms with Crippen LogP contribution in [-0.2, 0) is 14.8 Å². The van der Waals surface area contributed by atoms with Crippen LogP contribution in [0.5, 0.6) is 0 Å². The topological polar surface area (TPSA) is 83.5 Å². The average molecular weight is 289 g/mol. The molecular formula is C9H14F3NO4S. The predicted molar refractivity (Wildman–Crippen MR) is 56.1 cm³/mol. The van der Waals surface area contributed by atoms with E-state index in [1.807, 2.05) is 0 Å². The van der Waals surface area contributed by atoms with Crippen LogP contribution in [0.25, 0.3) is 0 Å². The normalized spacial score (nSPS) is 26.6. The van der Waals surface area contributed by atoms with Gasteiger partial charge in [0.05, 0.1) is 5.92 Å². The van der Waals surface area contributed by atoms with Crippen molar-refractivity contribution in [3.8, 4) is 0 Å². The fourth-order valence-electron chi connectivity index (χ4n) is 2.01. The summed E-state index contributed by atoms with van der Waals surface area (Å²) >= 11 is 0. The van der Waals surface area contributed by atoms with E-state index in [1.165, 1.54) is 4.72 Å². The highest BCUT2D eigenvalue weighted by molar-refractivity contribution is 7.90. The second kappa shape index (κ2) is 5.43. The molecule has 9 heteroatoms. The Morgan fingerprint density at radius 3 is 2.22 bits per heavy atom. The molecule has 0 bridgehead atoms. The van der Waals surface area contributed by atoms with Gasteiger partial charge in [-0.15, -0.1) is 0 Å².